The highest BCUT2D eigenvalue weighted by molar-refractivity contribution is 5.81. The van der Waals surface area contributed by atoms with Gasteiger partial charge in [0.1, 0.15) is 5.92 Å². The van der Waals surface area contributed by atoms with Crippen molar-refractivity contribution in [3.05, 3.63) is 35.9 Å². The molecule has 0 aliphatic rings. The lowest BCUT2D eigenvalue weighted by atomic mass is 10.00. The molecule has 0 spiro atoms. The van der Waals surface area contributed by atoms with Crippen molar-refractivity contribution in [1.29, 1.82) is 5.26 Å². The molecular formula is C13H16N2O2. The predicted octanol–water partition coefficient (Wildman–Crippen LogP) is 1.13. The van der Waals surface area contributed by atoms with Crippen LogP contribution in [0.15, 0.2) is 30.3 Å². The van der Waals surface area contributed by atoms with Gasteiger partial charge in [-0.05, 0) is 12.0 Å². The summed E-state index contributed by atoms with van der Waals surface area (Å²) in [5, 5.41) is 11.6. The minimum Gasteiger partial charge on any atom is -0.383 e. The number of amides is 1. The summed E-state index contributed by atoms with van der Waals surface area (Å²) in [5.41, 5.74) is 0.987. The van der Waals surface area contributed by atoms with E-state index in [1.165, 1.54) is 0 Å². The van der Waals surface area contributed by atoms with Crippen LogP contribution in [0.2, 0.25) is 0 Å². The maximum atomic E-state index is 11.7. The molecular weight excluding hydrogens is 216 g/mol. The Hall–Kier alpha value is -1.86. The van der Waals surface area contributed by atoms with Crippen LogP contribution in [0.4, 0.5) is 0 Å². The summed E-state index contributed by atoms with van der Waals surface area (Å²) in [6.45, 7) is 0.886. The van der Waals surface area contributed by atoms with E-state index >= 15 is 0 Å². The highest BCUT2D eigenvalue weighted by Crippen LogP contribution is 2.07. The van der Waals surface area contributed by atoms with Gasteiger partial charge in [0.05, 0.1) is 12.7 Å². The SMILES string of the molecule is COCCNC(=O)C(C#N)Cc1ccccc1. The van der Waals surface area contributed by atoms with Crippen LogP contribution in [-0.2, 0) is 16.0 Å². The van der Waals surface area contributed by atoms with Crippen LogP contribution in [0.5, 0.6) is 0 Å². The summed E-state index contributed by atoms with van der Waals surface area (Å²) in [7, 11) is 1.57. The second-order valence-electron chi connectivity index (χ2n) is 3.66. The van der Waals surface area contributed by atoms with Gasteiger partial charge in [-0.1, -0.05) is 30.3 Å². The third-order valence-electron chi connectivity index (χ3n) is 2.36. The first-order chi connectivity index (χ1) is 8.27. The lowest BCUT2D eigenvalue weighted by molar-refractivity contribution is -0.123. The van der Waals surface area contributed by atoms with E-state index in [0.29, 0.717) is 19.6 Å². The second-order valence-corrected chi connectivity index (χ2v) is 3.66. The summed E-state index contributed by atoms with van der Waals surface area (Å²) in [5.74, 6) is -0.886. The third kappa shape index (κ3) is 4.66. The summed E-state index contributed by atoms with van der Waals surface area (Å²) < 4.78 is 4.83. The fraction of sp³-hybridized carbons (Fsp3) is 0.385. The maximum Gasteiger partial charge on any atom is 0.237 e. The molecule has 0 heterocycles. The molecule has 4 nitrogen and oxygen atoms in total. The van der Waals surface area contributed by atoms with Gasteiger partial charge in [0.25, 0.3) is 0 Å². The molecule has 0 aliphatic carbocycles. The van der Waals surface area contributed by atoms with Crippen molar-refractivity contribution in [2.75, 3.05) is 20.3 Å². The molecule has 0 fully saturated rings. The Labute approximate surface area is 101 Å². The lowest BCUT2D eigenvalue weighted by Gasteiger charge is -2.09. The van der Waals surface area contributed by atoms with Crippen LogP contribution in [-0.4, -0.2) is 26.2 Å². The number of methoxy groups -OCH3 is 1. The second kappa shape index (κ2) is 7.42. The number of ether oxygens (including phenoxy) is 1. The van der Waals surface area contributed by atoms with E-state index in [2.05, 4.69) is 5.32 Å². The minimum atomic E-state index is -0.644. The van der Waals surface area contributed by atoms with E-state index in [-0.39, 0.29) is 5.91 Å². The van der Waals surface area contributed by atoms with Gasteiger partial charge in [-0.3, -0.25) is 4.79 Å². The zero-order valence-corrected chi connectivity index (χ0v) is 9.85. The number of rotatable bonds is 6. The first kappa shape index (κ1) is 13.2. The molecule has 1 unspecified atom stereocenters. The highest BCUT2D eigenvalue weighted by Gasteiger charge is 2.17. The van der Waals surface area contributed by atoms with Gasteiger partial charge in [-0.15, -0.1) is 0 Å². The first-order valence-corrected chi connectivity index (χ1v) is 5.48. The molecule has 0 aromatic heterocycles. The standard InChI is InChI=1S/C13H16N2O2/c1-17-8-7-15-13(16)12(10-14)9-11-5-3-2-4-6-11/h2-6,12H,7-9H2,1H3,(H,15,16). The summed E-state index contributed by atoms with van der Waals surface area (Å²) in [4.78, 5) is 11.7. The van der Waals surface area contributed by atoms with Crippen molar-refractivity contribution in [3.63, 3.8) is 0 Å². The van der Waals surface area contributed by atoms with Gasteiger partial charge in [-0.2, -0.15) is 5.26 Å². The van der Waals surface area contributed by atoms with Gasteiger partial charge in [0, 0.05) is 13.7 Å². The fourth-order valence-corrected chi connectivity index (χ4v) is 1.45. The zero-order chi connectivity index (χ0) is 12.5. The quantitative estimate of drug-likeness (QED) is 0.748. The number of carbonyl (C=O) groups excluding carboxylic acids is 1. The number of nitrogens with zero attached hydrogens (tertiary/aromatic N) is 1. The average Bonchev–Trinajstić information content (AvgIpc) is 2.37. The Morgan fingerprint density at radius 1 is 1.47 bits per heavy atom. The van der Waals surface area contributed by atoms with Crippen molar-refractivity contribution < 1.29 is 9.53 Å². The lowest BCUT2D eigenvalue weighted by Crippen LogP contribution is -2.33. The van der Waals surface area contributed by atoms with Crippen LogP contribution in [0.1, 0.15) is 5.56 Å². The van der Waals surface area contributed by atoms with Gasteiger partial charge >= 0.3 is 0 Å². The number of hydrogen-bond donors (Lipinski definition) is 1. The maximum absolute atomic E-state index is 11.7. The van der Waals surface area contributed by atoms with Gasteiger partial charge in [0.2, 0.25) is 5.91 Å². The average molecular weight is 232 g/mol. The van der Waals surface area contributed by atoms with Crippen molar-refractivity contribution in [2.24, 2.45) is 5.92 Å². The van der Waals surface area contributed by atoms with Gasteiger partial charge < -0.3 is 10.1 Å². The molecule has 1 rings (SSSR count). The Morgan fingerprint density at radius 3 is 2.76 bits per heavy atom. The summed E-state index contributed by atoms with van der Waals surface area (Å²) in [6.07, 6.45) is 0.441. The van der Waals surface area contributed by atoms with Crippen molar-refractivity contribution in [1.82, 2.24) is 5.32 Å². The predicted molar refractivity (Wildman–Crippen MR) is 64.1 cm³/mol. The monoisotopic (exact) mass is 232 g/mol. The van der Waals surface area contributed by atoms with E-state index in [9.17, 15) is 4.79 Å². The Kier molecular flexibility index (Phi) is 5.76. The number of benzene rings is 1. The molecule has 0 aliphatic heterocycles. The normalized spacial score (nSPS) is 11.5. The van der Waals surface area contributed by atoms with E-state index in [0.717, 1.165) is 5.56 Å². The van der Waals surface area contributed by atoms with Crippen LogP contribution >= 0.6 is 0 Å². The Bertz CT molecular complexity index is 384. The Balaban J connectivity index is 2.49. The number of carbonyl (C=O) groups is 1. The molecule has 4 heteroatoms. The van der Waals surface area contributed by atoms with Gasteiger partial charge in [0.15, 0.2) is 0 Å². The van der Waals surface area contributed by atoms with Gasteiger partial charge in [-0.25, -0.2) is 0 Å². The molecule has 0 bridgehead atoms. The van der Waals surface area contributed by atoms with Crippen LogP contribution in [0.25, 0.3) is 0 Å². The molecule has 1 aromatic carbocycles. The molecule has 1 amide bonds. The molecule has 0 saturated carbocycles. The highest BCUT2D eigenvalue weighted by atomic mass is 16.5. The molecule has 1 aromatic rings. The van der Waals surface area contributed by atoms with E-state index in [4.69, 9.17) is 10.00 Å². The molecule has 90 valence electrons. The smallest absolute Gasteiger partial charge is 0.237 e. The third-order valence-corrected chi connectivity index (χ3v) is 2.36. The number of nitriles is 1. The fourth-order valence-electron chi connectivity index (χ4n) is 1.45. The Morgan fingerprint density at radius 2 is 2.18 bits per heavy atom. The van der Waals surface area contributed by atoms with Crippen molar-refractivity contribution in [2.45, 2.75) is 6.42 Å². The topological polar surface area (TPSA) is 62.1 Å². The summed E-state index contributed by atoms with van der Waals surface area (Å²) in [6, 6.07) is 11.5. The van der Waals surface area contributed by atoms with Crippen molar-refractivity contribution >= 4 is 5.91 Å². The van der Waals surface area contributed by atoms with E-state index in [1.807, 2.05) is 36.4 Å². The van der Waals surface area contributed by atoms with Crippen LogP contribution < -0.4 is 5.32 Å². The molecule has 1 N–H and O–H groups in total. The zero-order valence-electron chi connectivity index (χ0n) is 9.85. The number of hydrogen-bond acceptors (Lipinski definition) is 3. The van der Waals surface area contributed by atoms with Crippen molar-refractivity contribution in [3.8, 4) is 6.07 Å². The summed E-state index contributed by atoms with van der Waals surface area (Å²) >= 11 is 0. The minimum absolute atomic E-state index is 0.242. The largest absolute Gasteiger partial charge is 0.383 e. The first-order valence-electron chi connectivity index (χ1n) is 5.48. The molecule has 1 atom stereocenters. The molecule has 0 radical (unpaired) electrons. The van der Waals surface area contributed by atoms with Crippen LogP contribution in [0, 0.1) is 17.2 Å². The number of nitrogens with one attached hydrogen (secondary N) is 1. The van der Waals surface area contributed by atoms with E-state index in [1.54, 1.807) is 7.11 Å². The molecule has 0 saturated heterocycles. The van der Waals surface area contributed by atoms with Crippen LogP contribution in [0.3, 0.4) is 0 Å². The molecule has 17 heavy (non-hydrogen) atoms. The van der Waals surface area contributed by atoms with E-state index < -0.39 is 5.92 Å².